The van der Waals surface area contributed by atoms with Crippen molar-refractivity contribution in [3.05, 3.63) is 28.8 Å². The third-order valence-corrected chi connectivity index (χ3v) is 2.87. The lowest BCUT2D eigenvalue weighted by Gasteiger charge is -2.16. The molecule has 0 bridgehead atoms. The maximum atomic E-state index is 11.9. The van der Waals surface area contributed by atoms with E-state index in [1.54, 1.807) is 18.2 Å². The lowest BCUT2D eigenvalue weighted by atomic mass is 10.1. The van der Waals surface area contributed by atoms with Crippen LogP contribution in [0.3, 0.4) is 0 Å². The van der Waals surface area contributed by atoms with Gasteiger partial charge >= 0.3 is 0 Å². The van der Waals surface area contributed by atoms with Crippen LogP contribution in [0.5, 0.6) is 0 Å². The monoisotopic (exact) mass is 256 g/mol. The number of nitrogen functional groups attached to an aromatic ring is 1. The van der Waals surface area contributed by atoms with Crippen LogP contribution in [0, 0.1) is 0 Å². The SMILES string of the molecule is CCC(CCO)NC(=O)c1cc(N)ccc1Cl. The summed E-state index contributed by atoms with van der Waals surface area (Å²) in [4.78, 5) is 11.9. The van der Waals surface area contributed by atoms with E-state index in [1.165, 1.54) is 0 Å². The van der Waals surface area contributed by atoms with E-state index >= 15 is 0 Å². The van der Waals surface area contributed by atoms with Gasteiger partial charge in [0.15, 0.2) is 0 Å². The molecule has 1 unspecified atom stereocenters. The molecule has 0 fully saturated rings. The van der Waals surface area contributed by atoms with Gasteiger partial charge in [0.2, 0.25) is 0 Å². The minimum absolute atomic E-state index is 0.0451. The Kier molecular flexibility index (Phi) is 5.25. The molecule has 1 rings (SSSR count). The van der Waals surface area contributed by atoms with Crippen molar-refractivity contribution in [2.75, 3.05) is 12.3 Å². The van der Waals surface area contributed by atoms with E-state index in [-0.39, 0.29) is 18.6 Å². The summed E-state index contributed by atoms with van der Waals surface area (Å²) in [7, 11) is 0. The number of hydrogen-bond acceptors (Lipinski definition) is 3. The van der Waals surface area contributed by atoms with Crippen molar-refractivity contribution in [2.24, 2.45) is 0 Å². The van der Waals surface area contributed by atoms with Crippen molar-refractivity contribution >= 4 is 23.2 Å². The molecule has 0 saturated carbocycles. The van der Waals surface area contributed by atoms with Gasteiger partial charge in [0.25, 0.3) is 5.91 Å². The van der Waals surface area contributed by atoms with Crippen molar-refractivity contribution in [3.63, 3.8) is 0 Å². The number of carbonyl (C=O) groups excluding carboxylic acids is 1. The van der Waals surface area contributed by atoms with Crippen LogP contribution in [0.2, 0.25) is 5.02 Å². The Bertz CT molecular complexity index is 396. The fourth-order valence-corrected chi connectivity index (χ4v) is 1.72. The zero-order valence-corrected chi connectivity index (χ0v) is 10.5. The summed E-state index contributed by atoms with van der Waals surface area (Å²) < 4.78 is 0. The van der Waals surface area contributed by atoms with E-state index in [4.69, 9.17) is 22.4 Å². The summed E-state index contributed by atoms with van der Waals surface area (Å²) in [6, 6.07) is 4.73. The number of halogens is 1. The summed E-state index contributed by atoms with van der Waals surface area (Å²) >= 11 is 5.93. The quantitative estimate of drug-likeness (QED) is 0.704. The normalized spacial score (nSPS) is 12.2. The standard InChI is InChI=1S/C12H17ClN2O2/c1-2-9(5-6-16)15-12(17)10-7-8(14)3-4-11(10)13/h3-4,7,9,16H,2,5-6,14H2,1H3,(H,15,17). The fourth-order valence-electron chi connectivity index (χ4n) is 1.51. The molecule has 0 radical (unpaired) electrons. The first-order valence-corrected chi connectivity index (χ1v) is 5.93. The van der Waals surface area contributed by atoms with Gasteiger partial charge in [-0.05, 0) is 31.0 Å². The second-order valence-corrected chi connectivity index (χ2v) is 4.24. The van der Waals surface area contributed by atoms with Gasteiger partial charge in [-0.25, -0.2) is 0 Å². The van der Waals surface area contributed by atoms with Crippen molar-refractivity contribution in [1.29, 1.82) is 0 Å². The Balaban J connectivity index is 2.78. The Hall–Kier alpha value is -1.26. The molecule has 1 aromatic rings. The number of rotatable bonds is 5. The summed E-state index contributed by atoms with van der Waals surface area (Å²) in [5, 5.41) is 12.0. The molecule has 0 aromatic heterocycles. The van der Waals surface area contributed by atoms with Crippen molar-refractivity contribution in [2.45, 2.75) is 25.8 Å². The van der Waals surface area contributed by atoms with E-state index < -0.39 is 0 Å². The lowest BCUT2D eigenvalue weighted by Crippen LogP contribution is -2.35. The van der Waals surface area contributed by atoms with Crippen LogP contribution in [-0.2, 0) is 0 Å². The Morgan fingerprint density at radius 3 is 2.88 bits per heavy atom. The van der Waals surface area contributed by atoms with Crippen molar-refractivity contribution < 1.29 is 9.90 Å². The topological polar surface area (TPSA) is 75.3 Å². The molecule has 0 aliphatic rings. The van der Waals surface area contributed by atoms with E-state index in [0.29, 0.717) is 22.7 Å². The van der Waals surface area contributed by atoms with Gasteiger partial charge < -0.3 is 16.2 Å². The number of aliphatic hydroxyl groups excluding tert-OH is 1. The predicted octanol–water partition coefficient (Wildman–Crippen LogP) is 1.81. The van der Waals surface area contributed by atoms with Crippen LogP contribution in [0.1, 0.15) is 30.1 Å². The molecule has 0 aliphatic carbocycles. The highest BCUT2D eigenvalue weighted by Gasteiger charge is 2.14. The van der Waals surface area contributed by atoms with Gasteiger partial charge in [-0.1, -0.05) is 18.5 Å². The van der Waals surface area contributed by atoms with Gasteiger partial charge in [-0.2, -0.15) is 0 Å². The molecule has 0 aliphatic heterocycles. The molecule has 0 saturated heterocycles. The number of anilines is 1. The predicted molar refractivity (Wildman–Crippen MR) is 69.1 cm³/mol. The molecular formula is C12H17ClN2O2. The number of benzene rings is 1. The number of aliphatic hydroxyl groups is 1. The molecule has 17 heavy (non-hydrogen) atoms. The van der Waals surface area contributed by atoms with E-state index in [2.05, 4.69) is 5.32 Å². The summed E-state index contributed by atoms with van der Waals surface area (Å²) in [5.74, 6) is -0.261. The smallest absolute Gasteiger partial charge is 0.253 e. The maximum absolute atomic E-state index is 11.9. The molecule has 0 heterocycles. The fraction of sp³-hybridized carbons (Fsp3) is 0.417. The van der Waals surface area contributed by atoms with Crippen LogP contribution in [-0.4, -0.2) is 23.7 Å². The molecule has 5 heteroatoms. The second kappa shape index (κ2) is 6.47. The molecule has 1 aromatic carbocycles. The van der Waals surface area contributed by atoms with E-state index in [9.17, 15) is 4.79 Å². The largest absolute Gasteiger partial charge is 0.399 e. The lowest BCUT2D eigenvalue weighted by molar-refractivity contribution is 0.0929. The first-order chi connectivity index (χ1) is 8.08. The van der Waals surface area contributed by atoms with Crippen LogP contribution < -0.4 is 11.1 Å². The molecular weight excluding hydrogens is 240 g/mol. The Morgan fingerprint density at radius 1 is 1.59 bits per heavy atom. The molecule has 0 spiro atoms. The third-order valence-electron chi connectivity index (χ3n) is 2.54. The van der Waals surface area contributed by atoms with Gasteiger partial charge in [0.1, 0.15) is 0 Å². The molecule has 4 nitrogen and oxygen atoms in total. The van der Waals surface area contributed by atoms with Crippen LogP contribution >= 0.6 is 11.6 Å². The average molecular weight is 257 g/mol. The van der Waals surface area contributed by atoms with Gasteiger partial charge in [0, 0.05) is 18.3 Å². The second-order valence-electron chi connectivity index (χ2n) is 3.83. The number of hydrogen-bond donors (Lipinski definition) is 3. The number of carbonyl (C=O) groups is 1. The van der Waals surface area contributed by atoms with E-state index in [1.807, 2.05) is 6.92 Å². The molecule has 4 N–H and O–H groups in total. The Labute approximate surface area is 106 Å². The first-order valence-electron chi connectivity index (χ1n) is 5.55. The molecule has 1 amide bonds. The third kappa shape index (κ3) is 3.91. The van der Waals surface area contributed by atoms with E-state index in [0.717, 1.165) is 6.42 Å². The minimum Gasteiger partial charge on any atom is -0.399 e. The van der Waals surface area contributed by atoms with Crippen molar-refractivity contribution in [1.82, 2.24) is 5.32 Å². The highest BCUT2D eigenvalue weighted by molar-refractivity contribution is 6.34. The number of nitrogens with one attached hydrogen (secondary N) is 1. The van der Waals surface area contributed by atoms with Crippen LogP contribution in [0.15, 0.2) is 18.2 Å². The van der Waals surface area contributed by atoms with Crippen LogP contribution in [0.25, 0.3) is 0 Å². The first kappa shape index (κ1) is 13.8. The molecule has 1 atom stereocenters. The van der Waals surface area contributed by atoms with Crippen LogP contribution in [0.4, 0.5) is 5.69 Å². The number of nitrogens with two attached hydrogens (primary N) is 1. The summed E-state index contributed by atoms with van der Waals surface area (Å²) in [6.07, 6.45) is 1.29. The highest BCUT2D eigenvalue weighted by atomic mass is 35.5. The van der Waals surface area contributed by atoms with Gasteiger partial charge in [-0.3, -0.25) is 4.79 Å². The number of amides is 1. The zero-order valence-electron chi connectivity index (χ0n) is 9.74. The maximum Gasteiger partial charge on any atom is 0.253 e. The highest BCUT2D eigenvalue weighted by Crippen LogP contribution is 2.19. The summed E-state index contributed by atoms with van der Waals surface area (Å²) in [6.45, 7) is 1.99. The van der Waals surface area contributed by atoms with Gasteiger partial charge in [-0.15, -0.1) is 0 Å². The average Bonchev–Trinajstić information content (AvgIpc) is 2.31. The van der Waals surface area contributed by atoms with Gasteiger partial charge in [0.05, 0.1) is 10.6 Å². The zero-order chi connectivity index (χ0) is 12.8. The Morgan fingerprint density at radius 2 is 2.29 bits per heavy atom. The van der Waals surface area contributed by atoms with Crippen molar-refractivity contribution in [3.8, 4) is 0 Å². The summed E-state index contributed by atoms with van der Waals surface area (Å²) in [5.41, 5.74) is 6.47. The molecule has 94 valence electrons. The minimum atomic E-state index is -0.261.